The second-order valence-corrected chi connectivity index (χ2v) is 12.3. The molecule has 0 N–H and O–H groups in total. The third-order valence-corrected chi connectivity index (χ3v) is 9.21. The van der Waals surface area contributed by atoms with Crippen LogP contribution in [0.15, 0.2) is 174 Å². The van der Waals surface area contributed by atoms with E-state index in [-0.39, 0.29) is 0 Å². The van der Waals surface area contributed by atoms with Gasteiger partial charge in [-0.2, -0.15) is 5.26 Å². The molecule has 7 aromatic carbocycles. The van der Waals surface area contributed by atoms with Crippen molar-refractivity contribution in [3.8, 4) is 73.6 Å². The van der Waals surface area contributed by atoms with E-state index in [1.807, 2.05) is 103 Å². The molecule has 0 aliphatic carbocycles. The average molecular weight is 653 g/mol. The van der Waals surface area contributed by atoms with Crippen molar-refractivity contribution in [3.05, 3.63) is 175 Å². The Morgan fingerprint density at radius 3 is 1.69 bits per heavy atom. The van der Waals surface area contributed by atoms with E-state index in [2.05, 4.69) is 72.8 Å². The summed E-state index contributed by atoms with van der Waals surface area (Å²) >= 11 is 0. The first kappa shape index (κ1) is 29.9. The molecule has 9 rings (SSSR count). The number of hydrogen-bond donors (Lipinski definition) is 0. The molecule has 0 aliphatic rings. The van der Waals surface area contributed by atoms with E-state index >= 15 is 0 Å². The number of nitriles is 1. The molecule has 238 valence electrons. The average Bonchev–Trinajstić information content (AvgIpc) is 3.60. The zero-order chi connectivity index (χ0) is 34.1. The van der Waals surface area contributed by atoms with Crippen LogP contribution in [0.25, 0.3) is 89.5 Å². The maximum atomic E-state index is 9.63. The van der Waals surface area contributed by atoms with Crippen LogP contribution in [-0.4, -0.2) is 15.0 Å². The second kappa shape index (κ2) is 12.7. The summed E-state index contributed by atoms with van der Waals surface area (Å²) in [5, 5.41) is 11.7. The first-order valence-corrected chi connectivity index (χ1v) is 16.7. The quantitative estimate of drug-likeness (QED) is 0.179. The Labute approximate surface area is 294 Å². The zero-order valence-corrected chi connectivity index (χ0v) is 27.4. The number of rotatable bonds is 6. The summed E-state index contributed by atoms with van der Waals surface area (Å²) in [4.78, 5) is 14.8. The first-order chi connectivity index (χ1) is 25.2. The smallest absolute Gasteiger partial charge is 0.164 e. The van der Waals surface area contributed by atoms with Gasteiger partial charge in [-0.05, 0) is 63.7 Å². The molecule has 2 heterocycles. The van der Waals surface area contributed by atoms with Crippen LogP contribution in [0.1, 0.15) is 5.56 Å². The Hall–Kier alpha value is -7.16. The Morgan fingerprint density at radius 1 is 0.392 bits per heavy atom. The molecule has 0 saturated heterocycles. The molecule has 5 heteroatoms. The van der Waals surface area contributed by atoms with Gasteiger partial charge in [0.1, 0.15) is 11.2 Å². The van der Waals surface area contributed by atoms with Crippen molar-refractivity contribution in [2.24, 2.45) is 0 Å². The molecule has 51 heavy (non-hydrogen) atoms. The van der Waals surface area contributed by atoms with Crippen LogP contribution in [0, 0.1) is 11.3 Å². The SMILES string of the molecule is N#Cc1ccccc1-c1ccc(-c2nc(-c3ccccc3)nc(-c3ccc4c(c3)oc3cccc(-c5cccc(-c6ccccc6)c5)c34)n2)cc1. The van der Waals surface area contributed by atoms with E-state index in [1.165, 1.54) is 11.1 Å². The molecule has 0 unspecified atom stereocenters. The summed E-state index contributed by atoms with van der Waals surface area (Å²) in [5.41, 5.74) is 11.2. The molecule has 5 nitrogen and oxygen atoms in total. The van der Waals surface area contributed by atoms with Gasteiger partial charge in [-0.3, -0.25) is 0 Å². The molecule has 9 aromatic rings. The summed E-state index contributed by atoms with van der Waals surface area (Å²) in [6.07, 6.45) is 0. The first-order valence-electron chi connectivity index (χ1n) is 16.7. The summed E-state index contributed by atoms with van der Waals surface area (Å²) < 4.78 is 6.50. The zero-order valence-electron chi connectivity index (χ0n) is 27.4. The molecule has 0 atom stereocenters. The standard InChI is InChI=1S/C46H28N4O/c47-29-37-15-7-8-18-38(37)31-21-23-33(24-22-31)45-48-44(32-13-5-2-6-14-32)49-46(50-45)36-25-26-40-42(28-36)51-41-20-10-19-39(43(40)41)35-17-9-16-34(27-35)30-11-3-1-4-12-30/h1-28H. The number of aromatic nitrogens is 3. The highest BCUT2D eigenvalue weighted by Crippen LogP contribution is 2.39. The fraction of sp³-hybridized carbons (Fsp3) is 0. The number of furan rings is 1. The van der Waals surface area contributed by atoms with E-state index in [0.29, 0.717) is 23.0 Å². The normalized spacial score (nSPS) is 11.1. The van der Waals surface area contributed by atoms with Gasteiger partial charge in [-0.25, -0.2) is 15.0 Å². The molecule has 2 aromatic heterocycles. The highest BCUT2D eigenvalue weighted by atomic mass is 16.3. The molecule has 0 fully saturated rings. The highest BCUT2D eigenvalue weighted by Gasteiger charge is 2.17. The van der Waals surface area contributed by atoms with Crippen molar-refractivity contribution in [3.63, 3.8) is 0 Å². The maximum absolute atomic E-state index is 9.63. The van der Waals surface area contributed by atoms with Gasteiger partial charge in [0, 0.05) is 27.5 Å². The Bertz CT molecular complexity index is 2750. The van der Waals surface area contributed by atoms with Gasteiger partial charge in [-0.15, -0.1) is 0 Å². The highest BCUT2D eigenvalue weighted by molar-refractivity contribution is 6.13. The van der Waals surface area contributed by atoms with Crippen molar-refractivity contribution < 1.29 is 4.42 Å². The predicted octanol–water partition coefficient (Wildman–Crippen LogP) is 11.6. The van der Waals surface area contributed by atoms with Crippen LogP contribution < -0.4 is 0 Å². The number of hydrogen-bond acceptors (Lipinski definition) is 5. The minimum Gasteiger partial charge on any atom is -0.456 e. The van der Waals surface area contributed by atoms with Crippen LogP contribution in [0.5, 0.6) is 0 Å². The van der Waals surface area contributed by atoms with E-state index in [1.54, 1.807) is 0 Å². The molecule has 0 bridgehead atoms. The van der Waals surface area contributed by atoms with E-state index in [4.69, 9.17) is 19.4 Å². The van der Waals surface area contributed by atoms with Crippen molar-refractivity contribution in [1.29, 1.82) is 5.26 Å². The minimum absolute atomic E-state index is 0.552. The molecular weight excluding hydrogens is 625 g/mol. The molecular formula is C46H28N4O. The van der Waals surface area contributed by atoms with Crippen LogP contribution in [0.3, 0.4) is 0 Å². The summed E-state index contributed by atoms with van der Waals surface area (Å²) in [6, 6.07) is 59.3. The lowest BCUT2D eigenvalue weighted by Gasteiger charge is -2.10. The number of nitrogens with zero attached hydrogens (tertiary/aromatic N) is 4. The van der Waals surface area contributed by atoms with Gasteiger partial charge >= 0.3 is 0 Å². The van der Waals surface area contributed by atoms with Crippen LogP contribution in [-0.2, 0) is 0 Å². The van der Waals surface area contributed by atoms with E-state index in [9.17, 15) is 5.26 Å². The van der Waals surface area contributed by atoms with Crippen molar-refractivity contribution >= 4 is 21.9 Å². The molecule has 0 saturated carbocycles. The Balaban J connectivity index is 1.14. The molecule has 0 aliphatic heterocycles. The predicted molar refractivity (Wildman–Crippen MR) is 204 cm³/mol. The number of fused-ring (bicyclic) bond motifs is 3. The third-order valence-electron chi connectivity index (χ3n) is 9.21. The van der Waals surface area contributed by atoms with E-state index in [0.717, 1.165) is 60.9 Å². The van der Waals surface area contributed by atoms with Gasteiger partial charge in [0.05, 0.1) is 11.6 Å². The molecule has 0 amide bonds. The van der Waals surface area contributed by atoms with Crippen molar-refractivity contribution in [1.82, 2.24) is 15.0 Å². The Morgan fingerprint density at radius 2 is 0.941 bits per heavy atom. The van der Waals surface area contributed by atoms with Crippen LogP contribution >= 0.6 is 0 Å². The lowest BCUT2D eigenvalue weighted by Crippen LogP contribution is -2.00. The summed E-state index contributed by atoms with van der Waals surface area (Å²) in [7, 11) is 0. The van der Waals surface area contributed by atoms with E-state index < -0.39 is 0 Å². The maximum Gasteiger partial charge on any atom is 0.164 e. The van der Waals surface area contributed by atoms with Crippen molar-refractivity contribution in [2.75, 3.05) is 0 Å². The molecule has 0 spiro atoms. The minimum atomic E-state index is 0.552. The van der Waals surface area contributed by atoms with Gasteiger partial charge in [0.15, 0.2) is 17.5 Å². The van der Waals surface area contributed by atoms with Gasteiger partial charge in [0.2, 0.25) is 0 Å². The molecule has 0 radical (unpaired) electrons. The lowest BCUT2D eigenvalue weighted by atomic mass is 9.96. The Kier molecular flexibility index (Phi) is 7.46. The van der Waals surface area contributed by atoms with Gasteiger partial charge in [-0.1, -0.05) is 140 Å². The van der Waals surface area contributed by atoms with Gasteiger partial charge in [0.25, 0.3) is 0 Å². The van der Waals surface area contributed by atoms with Gasteiger partial charge < -0.3 is 4.42 Å². The van der Waals surface area contributed by atoms with Crippen LogP contribution in [0.2, 0.25) is 0 Å². The fourth-order valence-corrected chi connectivity index (χ4v) is 6.68. The monoisotopic (exact) mass is 652 g/mol. The second-order valence-electron chi connectivity index (χ2n) is 12.3. The summed E-state index contributed by atoms with van der Waals surface area (Å²) in [6.45, 7) is 0. The lowest BCUT2D eigenvalue weighted by molar-refractivity contribution is 0.669. The van der Waals surface area contributed by atoms with Crippen molar-refractivity contribution in [2.45, 2.75) is 0 Å². The third kappa shape index (κ3) is 5.61. The largest absolute Gasteiger partial charge is 0.456 e. The topological polar surface area (TPSA) is 75.6 Å². The number of benzene rings is 7. The van der Waals surface area contributed by atoms with Crippen LogP contribution in [0.4, 0.5) is 0 Å². The fourth-order valence-electron chi connectivity index (χ4n) is 6.68. The summed E-state index contributed by atoms with van der Waals surface area (Å²) in [5.74, 6) is 1.69.